The van der Waals surface area contributed by atoms with Crippen molar-refractivity contribution in [3.63, 3.8) is 0 Å². The number of carbonyl (C=O) groups is 2. The second-order valence-electron chi connectivity index (χ2n) is 7.81. The minimum absolute atomic E-state index is 0.148. The third-order valence-electron chi connectivity index (χ3n) is 5.09. The highest BCUT2D eigenvalue weighted by Crippen LogP contribution is 2.18. The number of rotatable bonds is 9. The van der Waals surface area contributed by atoms with Crippen LogP contribution in [0.3, 0.4) is 0 Å². The molecule has 4 rings (SSSR count). The van der Waals surface area contributed by atoms with Crippen LogP contribution in [-0.4, -0.2) is 37.0 Å². The van der Waals surface area contributed by atoms with Gasteiger partial charge in [-0.15, -0.1) is 10.2 Å². The summed E-state index contributed by atoms with van der Waals surface area (Å²) >= 11 is 1.17. The minimum Gasteiger partial charge on any atom is -0.322 e. The van der Waals surface area contributed by atoms with Crippen LogP contribution in [0.15, 0.2) is 83.8 Å². The van der Waals surface area contributed by atoms with Crippen LogP contribution in [0.2, 0.25) is 0 Å². The number of nitrogens with one attached hydrogen (secondary N) is 3. The highest BCUT2D eigenvalue weighted by molar-refractivity contribution is 7.89. The first kappa shape index (κ1) is 25.2. The summed E-state index contributed by atoms with van der Waals surface area (Å²) in [6.45, 7) is 2.03. The van der Waals surface area contributed by atoms with Gasteiger partial charge in [0.05, 0.1) is 4.90 Å². The lowest BCUT2D eigenvalue weighted by atomic mass is 10.1. The van der Waals surface area contributed by atoms with Crippen molar-refractivity contribution in [3.8, 4) is 0 Å². The quantitative estimate of drug-likeness (QED) is 0.307. The smallest absolute Gasteiger partial charge is 0.257 e. The molecule has 184 valence electrons. The van der Waals surface area contributed by atoms with E-state index in [9.17, 15) is 18.0 Å². The van der Waals surface area contributed by atoms with Gasteiger partial charge in [-0.2, -0.15) is 0 Å². The standard InChI is InChI=1S/C25H23N5O4S2/c1-17-7-13-21(14-8-17)36(33,34)26-16-15-22-29-30-25(35-22)28-24(32)19-9-11-20(12-10-19)27-23(31)18-5-3-2-4-6-18/h2-14,26H,15-16H2,1H3,(H,27,31)(H,28,30,32). The van der Waals surface area contributed by atoms with Gasteiger partial charge in [-0.05, 0) is 55.5 Å². The zero-order valence-electron chi connectivity index (χ0n) is 19.3. The maximum absolute atomic E-state index is 12.6. The van der Waals surface area contributed by atoms with Gasteiger partial charge < -0.3 is 5.32 Å². The van der Waals surface area contributed by atoms with Crippen LogP contribution < -0.4 is 15.4 Å². The molecule has 1 heterocycles. The first-order valence-electron chi connectivity index (χ1n) is 11.0. The Bertz CT molecular complexity index is 1450. The molecule has 3 aromatic carbocycles. The van der Waals surface area contributed by atoms with Crippen molar-refractivity contribution in [2.45, 2.75) is 18.2 Å². The van der Waals surface area contributed by atoms with Crippen molar-refractivity contribution < 1.29 is 18.0 Å². The normalized spacial score (nSPS) is 11.1. The van der Waals surface area contributed by atoms with E-state index < -0.39 is 10.0 Å². The topological polar surface area (TPSA) is 130 Å². The summed E-state index contributed by atoms with van der Waals surface area (Å²) in [5.74, 6) is -0.617. The fourth-order valence-electron chi connectivity index (χ4n) is 3.17. The number of anilines is 2. The molecule has 1 aromatic heterocycles. The summed E-state index contributed by atoms with van der Waals surface area (Å²) < 4.78 is 27.3. The molecule has 0 aliphatic rings. The highest BCUT2D eigenvalue weighted by Gasteiger charge is 2.15. The number of aryl methyl sites for hydroxylation is 1. The molecule has 0 aliphatic heterocycles. The van der Waals surface area contributed by atoms with E-state index in [1.54, 1.807) is 72.8 Å². The van der Waals surface area contributed by atoms with E-state index in [2.05, 4.69) is 25.6 Å². The van der Waals surface area contributed by atoms with Gasteiger partial charge in [-0.3, -0.25) is 14.9 Å². The van der Waals surface area contributed by atoms with E-state index in [0.29, 0.717) is 33.4 Å². The molecule has 0 radical (unpaired) electrons. The summed E-state index contributed by atoms with van der Waals surface area (Å²) in [6, 6.07) is 21.9. The van der Waals surface area contributed by atoms with E-state index in [1.165, 1.54) is 11.3 Å². The Balaban J connectivity index is 1.28. The first-order valence-corrected chi connectivity index (χ1v) is 13.3. The number of amides is 2. The number of carbonyl (C=O) groups excluding carboxylic acids is 2. The van der Waals surface area contributed by atoms with Crippen molar-refractivity contribution in [2.24, 2.45) is 0 Å². The van der Waals surface area contributed by atoms with E-state index in [0.717, 1.165) is 5.56 Å². The highest BCUT2D eigenvalue weighted by atomic mass is 32.2. The molecular formula is C25H23N5O4S2. The maximum atomic E-state index is 12.6. The lowest BCUT2D eigenvalue weighted by Crippen LogP contribution is -2.25. The van der Waals surface area contributed by atoms with Gasteiger partial charge in [-0.25, -0.2) is 13.1 Å². The van der Waals surface area contributed by atoms with Crippen LogP contribution >= 0.6 is 11.3 Å². The summed E-state index contributed by atoms with van der Waals surface area (Å²) in [5.41, 5.74) is 2.46. The summed E-state index contributed by atoms with van der Waals surface area (Å²) in [4.78, 5) is 25.0. The molecule has 0 saturated heterocycles. The average Bonchev–Trinajstić information content (AvgIpc) is 3.32. The molecule has 3 N–H and O–H groups in total. The van der Waals surface area contributed by atoms with E-state index in [-0.39, 0.29) is 23.3 Å². The van der Waals surface area contributed by atoms with Gasteiger partial charge in [0.15, 0.2) is 0 Å². The molecule has 36 heavy (non-hydrogen) atoms. The Morgan fingerprint density at radius 1 is 0.806 bits per heavy atom. The molecule has 0 saturated carbocycles. The largest absolute Gasteiger partial charge is 0.322 e. The Hall–Kier alpha value is -3.93. The predicted molar refractivity (Wildman–Crippen MR) is 139 cm³/mol. The molecule has 0 bridgehead atoms. The molecule has 0 fully saturated rings. The van der Waals surface area contributed by atoms with Gasteiger partial charge in [0.1, 0.15) is 5.01 Å². The molecule has 9 nitrogen and oxygen atoms in total. The Kier molecular flexibility index (Phi) is 7.84. The van der Waals surface area contributed by atoms with E-state index in [1.807, 2.05) is 13.0 Å². The van der Waals surface area contributed by atoms with Crippen LogP contribution in [0.4, 0.5) is 10.8 Å². The molecule has 11 heteroatoms. The average molecular weight is 522 g/mol. The van der Waals surface area contributed by atoms with E-state index in [4.69, 9.17) is 0 Å². The van der Waals surface area contributed by atoms with Crippen molar-refractivity contribution >= 4 is 44.0 Å². The van der Waals surface area contributed by atoms with Crippen molar-refractivity contribution in [1.82, 2.24) is 14.9 Å². The number of hydrogen-bond acceptors (Lipinski definition) is 7. The molecule has 0 aliphatic carbocycles. The number of sulfonamides is 1. The molecule has 2 amide bonds. The maximum Gasteiger partial charge on any atom is 0.257 e. The molecular weight excluding hydrogens is 498 g/mol. The summed E-state index contributed by atoms with van der Waals surface area (Å²) in [7, 11) is -3.61. The Morgan fingerprint density at radius 3 is 2.14 bits per heavy atom. The van der Waals surface area contributed by atoms with Crippen molar-refractivity contribution in [1.29, 1.82) is 0 Å². The fourth-order valence-corrected chi connectivity index (χ4v) is 4.93. The third-order valence-corrected chi connectivity index (χ3v) is 7.47. The Labute approximate surface area is 212 Å². The fraction of sp³-hybridized carbons (Fsp3) is 0.120. The van der Waals surface area contributed by atoms with Gasteiger partial charge in [-0.1, -0.05) is 47.2 Å². The second-order valence-corrected chi connectivity index (χ2v) is 10.6. The molecule has 4 aromatic rings. The van der Waals surface area contributed by atoms with Crippen LogP contribution in [0.25, 0.3) is 0 Å². The zero-order valence-corrected chi connectivity index (χ0v) is 20.9. The summed E-state index contributed by atoms with van der Waals surface area (Å²) in [6.07, 6.45) is 0.328. The minimum atomic E-state index is -3.61. The second kappa shape index (κ2) is 11.2. The zero-order chi connectivity index (χ0) is 25.5. The van der Waals surface area contributed by atoms with E-state index >= 15 is 0 Å². The van der Waals surface area contributed by atoms with Gasteiger partial charge in [0, 0.05) is 29.8 Å². The summed E-state index contributed by atoms with van der Waals surface area (Å²) in [5, 5.41) is 14.3. The lowest BCUT2D eigenvalue weighted by Gasteiger charge is -2.06. The van der Waals surface area contributed by atoms with Crippen LogP contribution in [-0.2, 0) is 16.4 Å². The number of hydrogen-bond donors (Lipinski definition) is 3. The molecule has 0 spiro atoms. The van der Waals surface area contributed by atoms with Crippen molar-refractivity contribution in [2.75, 3.05) is 17.2 Å². The van der Waals surface area contributed by atoms with Gasteiger partial charge in [0.2, 0.25) is 15.2 Å². The molecule has 0 unspecified atom stereocenters. The number of aromatic nitrogens is 2. The third kappa shape index (κ3) is 6.60. The number of nitrogens with zero attached hydrogens (tertiary/aromatic N) is 2. The molecule has 0 atom stereocenters. The number of benzene rings is 3. The first-order chi connectivity index (χ1) is 17.3. The van der Waals surface area contributed by atoms with Crippen LogP contribution in [0, 0.1) is 6.92 Å². The predicted octanol–water partition coefficient (Wildman–Crippen LogP) is 3.87. The monoisotopic (exact) mass is 521 g/mol. The van der Waals surface area contributed by atoms with Gasteiger partial charge in [0.25, 0.3) is 11.8 Å². The van der Waals surface area contributed by atoms with Crippen LogP contribution in [0.5, 0.6) is 0 Å². The SMILES string of the molecule is Cc1ccc(S(=O)(=O)NCCc2nnc(NC(=O)c3ccc(NC(=O)c4ccccc4)cc3)s2)cc1. The van der Waals surface area contributed by atoms with Crippen molar-refractivity contribution in [3.05, 3.63) is 101 Å². The van der Waals surface area contributed by atoms with Gasteiger partial charge >= 0.3 is 0 Å². The van der Waals surface area contributed by atoms with Crippen LogP contribution in [0.1, 0.15) is 31.3 Å². The Morgan fingerprint density at radius 2 is 1.44 bits per heavy atom. The lowest BCUT2D eigenvalue weighted by molar-refractivity contribution is 0.102.